The monoisotopic (exact) mass is 267 g/mol. The average molecular weight is 267 g/mol. The molecule has 0 radical (unpaired) electrons. The quantitative estimate of drug-likeness (QED) is 0.614. The van der Waals surface area contributed by atoms with Crippen molar-refractivity contribution in [1.82, 2.24) is 4.72 Å². The molecule has 7 nitrogen and oxygen atoms in total. The molecule has 0 aromatic carbocycles. The minimum Gasteiger partial charge on any atom is -0.480 e. The van der Waals surface area contributed by atoms with E-state index in [1.54, 1.807) is 0 Å². The SMILES string of the molecule is COC(=O)CC[C@@H](NS(=O)(=O)C(C)C)C(=O)O. The Morgan fingerprint density at radius 2 is 1.88 bits per heavy atom. The molecule has 0 aliphatic rings. The van der Waals surface area contributed by atoms with E-state index in [0.717, 1.165) is 0 Å². The number of carboxylic acids is 1. The molecule has 8 heteroatoms. The van der Waals surface area contributed by atoms with Gasteiger partial charge in [-0.2, -0.15) is 0 Å². The zero-order chi connectivity index (χ0) is 13.6. The van der Waals surface area contributed by atoms with Crippen molar-refractivity contribution in [2.75, 3.05) is 7.11 Å². The number of ether oxygens (including phenoxy) is 1. The van der Waals surface area contributed by atoms with Crippen LogP contribution in [0.1, 0.15) is 26.7 Å². The van der Waals surface area contributed by atoms with Crippen LogP contribution >= 0.6 is 0 Å². The van der Waals surface area contributed by atoms with Crippen LogP contribution in [0.2, 0.25) is 0 Å². The van der Waals surface area contributed by atoms with Crippen LogP contribution in [0.4, 0.5) is 0 Å². The third-order valence-electron chi connectivity index (χ3n) is 2.09. The fraction of sp³-hybridized carbons (Fsp3) is 0.778. The molecular weight excluding hydrogens is 250 g/mol. The van der Waals surface area contributed by atoms with Crippen LogP contribution in [0.25, 0.3) is 0 Å². The van der Waals surface area contributed by atoms with Gasteiger partial charge in [-0.05, 0) is 20.3 Å². The van der Waals surface area contributed by atoms with Crippen molar-refractivity contribution in [3.05, 3.63) is 0 Å². The van der Waals surface area contributed by atoms with Gasteiger partial charge in [-0.3, -0.25) is 9.59 Å². The average Bonchev–Trinajstić information content (AvgIpc) is 2.22. The molecule has 0 fully saturated rings. The van der Waals surface area contributed by atoms with Gasteiger partial charge < -0.3 is 9.84 Å². The number of carbonyl (C=O) groups is 2. The second-order valence-electron chi connectivity index (χ2n) is 3.72. The number of carbonyl (C=O) groups excluding carboxylic acids is 1. The smallest absolute Gasteiger partial charge is 0.321 e. The molecule has 1 atom stereocenters. The van der Waals surface area contributed by atoms with E-state index in [9.17, 15) is 18.0 Å². The summed E-state index contributed by atoms with van der Waals surface area (Å²) in [5, 5.41) is 8.09. The zero-order valence-electron chi connectivity index (χ0n) is 9.97. The van der Waals surface area contributed by atoms with Gasteiger partial charge in [0.25, 0.3) is 0 Å². The zero-order valence-corrected chi connectivity index (χ0v) is 10.8. The fourth-order valence-corrected chi connectivity index (χ4v) is 1.82. The topological polar surface area (TPSA) is 110 Å². The molecule has 0 saturated carbocycles. The maximum Gasteiger partial charge on any atom is 0.321 e. The number of nitrogens with one attached hydrogen (secondary N) is 1. The van der Waals surface area contributed by atoms with E-state index in [1.807, 2.05) is 4.72 Å². The Balaban J connectivity index is 4.57. The predicted molar refractivity (Wildman–Crippen MR) is 59.9 cm³/mol. The normalized spacial score (nSPS) is 13.4. The van der Waals surface area contributed by atoms with Crippen molar-refractivity contribution in [2.45, 2.75) is 38.0 Å². The lowest BCUT2D eigenvalue weighted by Crippen LogP contribution is -2.43. The summed E-state index contributed by atoms with van der Waals surface area (Å²) >= 11 is 0. The molecule has 2 N–H and O–H groups in total. The van der Waals surface area contributed by atoms with Crippen molar-refractivity contribution in [1.29, 1.82) is 0 Å². The van der Waals surface area contributed by atoms with Gasteiger partial charge in [-0.25, -0.2) is 13.1 Å². The first-order chi connectivity index (χ1) is 7.70. The van der Waals surface area contributed by atoms with Crippen molar-refractivity contribution in [3.8, 4) is 0 Å². The second kappa shape index (κ2) is 6.55. The van der Waals surface area contributed by atoms with Gasteiger partial charge in [0.05, 0.1) is 12.4 Å². The summed E-state index contributed by atoms with van der Waals surface area (Å²) in [5.74, 6) is -1.90. The Kier molecular flexibility index (Phi) is 6.11. The Hall–Kier alpha value is -1.15. The largest absolute Gasteiger partial charge is 0.480 e. The number of sulfonamides is 1. The highest BCUT2D eigenvalue weighted by Crippen LogP contribution is 2.04. The summed E-state index contributed by atoms with van der Waals surface area (Å²) in [7, 11) is -2.50. The summed E-state index contributed by atoms with van der Waals surface area (Å²) < 4.78 is 29.3. The fourth-order valence-electron chi connectivity index (χ4n) is 0.931. The molecule has 0 amide bonds. The maximum absolute atomic E-state index is 11.5. The lowest BCUT2D eigenvalue weighted by Gasteiger charge is -2.15. The maximum atomic E-state index is 11.5. The molecule has 0 heterocycles. The Morgan fingerprint density at radius 3 is 2.24 bits per heavy atom. The number of carboxylic acid groups (broad SMARTS) is 1. The molecule has 0 aliphatic carbocycles. The number of hydrogen-bond acceptors (Lipinski definition) is 5. The minimum atomic E-state index is -3.68. The Labute approximate surface area is 100 Å². The standard InChI is InChI=1S/C9H17NO6S/c1-6(2)17(14,15)10-7(9(12)13)4-5-8(11)16-3/h6-7,10H,4-5H2,1-3H3,(H,12,13)/t7-/m1/s1. The van der Waals surface area contributed by atoms with Crippen molar-refractivity contribution in [2.24, 2.45) is 0 Å². The van der Waals surface area contributed by atoms with Gasteiger partial charge >= 0.3 is 11.9 Å². The highest BCUT2D eigenvalue weighted by molar-refractivity contribution is 7.90. The van der Waals surface area contributed by atoms with Crippen LogP contribution in [-0.4, -0.2) is 43.9 Å². The van der Waals surface area contributed by atoms with Gasteiger partial charge in [0, 0.05) is 6.42 Å². The van der Waals surface area contributed by atoms with Crippen molar-refractivity contribution >= 4 is 22.0 Å². The summed E-state index contributed by atoms with van der Waals surface area (Å²) in [5.41, 5.74) is 0. The second-order valence-corrected chi connectivity index (χ2v) is 5.99. The molecule has 0 aromatic rings. The first-order valence-corrected chi connectivity index (χ1v) is 6.56. The molecule has 0 aromatic heterocycles. The lowest BCUT2D eigenvalue weighted by atomic mass is 10.2. The van der Waals surface area contributed by atoms with E-state index in [2.05, 4.69) is 4.74 Å². The number of methoxy groups -OCH3 is 1. The molecule has 100 valence electrons. The van der Waals surface area contributed by atoms with Gasteiger partial charge in [0.1, 0.15) is 6.04 Å². The molecule has 0 spiro atoms. The number of rotatable bonds is 7. The molecule has 17 heavy (non-hydrogen) atoms. The molecule has 0 bridgehead atoms. The lowest BCUT2D eigenvalue weighted by molar-refractivity contribution is -0.142. The van der Waals surface area contributed by atoms with E-state index in [1.165, 1.54) is 21.0 Å². The van der Waals surface area contributed by atoms with Crippen LogP contribution in [0.15, 0.2) is 0 Å². The summed E-state index contributed by atoms with van der Waals surface area (Å²) in [4.78, 5) is 21.7. The van der Waals surface area contributed by atoms with E-state index < -0.39 is 33.3 Å². The third kappa shape index (κ3) is 5.64. The van der Waals surface area contributed by atoms with E-state index in [0.29, 0.717) is 0 Å². The minimum absolute atomic E-state index is 0.145. The van der Waals surface area contributed by atoms with Gasteiger partial charge in [0.2, 0.25) is 10.0 Å². The van der Waals surface area contributed by atoms with E-state index in [-0.39, 0.29) is 12.8 Å². The Morgan fingerprint density at radius 1 is 1.35 bits per heavy atom. The van der Waals surface area contributed by atoms with Crippen LogP contribution in [0.5, 0.6) is 0 Å². The molecule has 0 saturated heterocycles. The van der Waals surface area contributed by atoms with Crippen molar-refractivity contribution in [3.63, 3.8) is 0 Å². The van der Waals surface area contributed by atoms with E-state index in [4.69, 9.17) is 5.11 Å². The van der Waals surface area contributed by atoms with Crippen LogP contribution in [0, 0.1) is 0 Å². The highest BCUT2D eigenvalue weighted by Gasteiger charge is 2.26. The summed E-state index contributed by atoms with van der Waals surface area (Å²) in [6.07, 6.45) is -0.304. The molecule has 0 aliphatic heterocycles. The van der Waals surface area contributed by atoms with E-state index >= 15 is 0 Å². The van der Waals surface area contributed by atoms with Gasteiger partial charge in [-0.1, -0.05) is 0 Å². The van der Waals surface area contributed by atoms with Crippen LogP contribution in [0.3, 0.4) is 0 Å². The summed E-state index contributed by atoms with van der Waals surface area (Å²) in [6.45, 7) is 2.86. The van der Waals surface area contributed by atoms with Crippen molar-refractivity contribution < 1.29 is 27.9 Å². The van der Waals surface area contributed by atoms with Gasteiger partial charge in [-0.15, -0.1) is 0 Å². The number of aliphatic carboxylic acids is 1. The number of hydrogen-bond donors (Lipinski definition) is 2. The molecule has 0 rings (SSSR count). The molecule has 0 unspecified atom stereocenters. The summed E-state index contributed by atoms with van der Waals surface area (Å²) in [6, 6.07) is -1.32. The van der Waals surface area contributed by atoms with Crippen LogP contribution in [-0.2, 0) is 24.3 Å². The first kappa shape index (κ1) is 15.9. The number of esters is 1. The molecular formula is C9H17NO6S. The highest BCUT2D eigenvalue weighted by atomic mass is 32.2. The van der Waals surface area contributed by atoms with Crippen LogP contribution < -0.4 is 4.72 Å². The van der Waals surface area contributed by atoms with Gasteiger partial charge in [0.15, 0.2) is 0 Å². The third-order valence-corrected chi connectivity index (χ3v) is 3.94. The predicted octanol–water partition coefficient (Wildman–Crippen LogP) is -0.279. The Bertz CT molecular complexity index is 375. The first-order valence-electron chi connectivity index (χ1n) is 5.01.